The van der Waals surface area contributed by atoms with E-state index in [2.05, 4.69) is 25.3 Å². The molecule has 118 valence electrons. The standard InChI is InChI=1S/C20H14O2S2/c21-19(13-4-8-17(23)9-5-13)15-2-1-3-16(12-15)20(22)14-6-10-18(24)11-7-14/h1-12,23-24H. The van der Waals surface area contributed by atoms with Gasteiger partial charge in [0.15, 0.2) is 11.6 Å². The molecule has 0 aliphatic carbocycles. The maximum absolute atomic E-state index is 12.6. The molecule has 0 atom stereocenters. The van der Waals surface area contributed by atoms with E-state index in [1.54, 1.807) is 72.8 Å². The molecular weight excluding hydrogens is 336 g/mol. The third kappa shape index (κ3) is 3.61. The first-order valence-corrected chi connectivity index (χ1v) is 8.21. The monoisotopic (exact) mass is 350 g/mol. The van der Waals surface area contributed by atoms with E-state index in [9.17, 15) is 9.59 Å². The molecule has 4 heteroatoms. The summed E-state index contributed by atoms with van der Waals surface area (Å²) in [5, 5.41) is 0. The zero-order valence-corrected chi connectivity index (χ0v) is 14.4. The van der Waals surface area contributed by atoms with Crippen molar-refractivity contribution in [2.75, 3.05) is 0 Å². The summed E-state index contributed by atoms with van der Waals surface area (Å²) in [6.45, 7) is 0. The average Bonchev–Trinajstić information content (AvgIpc) is 2.62. The number of ketones is 2. The van der Waals surface area contributed by atoms with Crippen molar-refractivity contribution in [3.05, 3.63) is 95.1 Å². The number of hydrogen-bond donors (Lipinski definition) is 2. The first kappa shape index (κ1) is 16.6. The van der Waals surface area contributed by atoms with Crippen LogP contribution in [-0.2, 0) is 0 Å². The molecule has 0 spiro atoms. The van der Waals surface area contributed by atoms with Crippen LogP contribution in [-0.4, -0.2) is 11.6 Å². The summed E-state index contributed by atoms with van der Waals surface area (Å²) in [5.74, 6) is -0.243. The van der Waals surface area contributed by atoms with E-state index >= 15 is 0 Å². The summed E-state index contributed by atoms with van der Waals surface area (Å²) in [5.41, 5.74) is 2.10. The van der Waals surface area contributed by atoms with Gasteiger partial charge in [-0.05, 0) is 54.6 Å². The van der Waals surface area contributed by atoms with E-state index in [0.29, 0.717) is 22.3 Å². The fourth-order valence-corrected chi connectivity index (χ4v) is 2.66. The number of carbonyl (C=O) groups excluding carboxylic acids is 2. The van der Waals surface area contributed by atoms with Gasteiger partial charge in [0, 0.05) is 32.0 Å². The second-order valence-electron chi connectivity index (χ2n) is 5.33. The lowest BCUT2D eigenvalue weighted by Crippen LogP contribution is -2.05. The average molecular weight is 350 g/mol. The molecule has 3 aromatic rings. The Morgan fingerprint density at radius 2 is 0.917 bits per heavy atom. The molecule has 0 N–H and O–H groups in total. The Balaban J connectivity index is 1.91. The minimum Gasteiger partial charge on any atom is -0.289 e. The zero-order chi connectivity index (χ0) is 17.1. The predicted octanol–water partition coefficient (Wildman–Crippen LogP) is 4.73. The summed E-state index contributed by atoms with van der Waals surface area (Å²) >= 11 is 8.43. The molecule has 0 aliphatic rings. The van der Waals surface area contributed by atoms with Crippen LogP contribution in [0.2, 0.25) is 0 Å². The lowest BCUT2D eigenvalue weighted by atomic mass is 9.97. The van der Waals surface area contributed by atoms with Gasteiger partial charge in [-0.25, -0.2) is 0 Å². The van der Waals surface area contributed by atoms with Gasteiger partial charge in [0.1, 0.15) is 0 Å². The van der Waals surface area contributed by atoms with Crippen molar-refractivity contribution in [1.29, 1.82) is 0 Å². The molecule has 3 aromatic carbocycles. The highest BCUT2D eigenvalue weighted by Gasteiger charge is 2.13. The maximum atomic E-state index is 12.6. The van der Waals surface area contributed by atoms with Crippen molar-refractivity contribution in [1.82, 2.24) is 0 Å². The van der Waals surface area contributed by atoms with E-state index in [0.717, 1.165) is 9.79 Å². The molecule has 0 radical (unpaired) electrons. The van der Waals surface area contributed by atoms with Crippen molar-refractivity contribution in [2.45, 2.75) is 9.79 Å². The number of thiol groups is 2. The normalized spacial score (nSPS) is 10.4. The van der Waals surface area contributed by atoms with Gasteiger partial charge in [-0.3, -0.25) is 9.59 Å². The highest BCUT2D eigenvalue weighted by molar-refractivity contribution is 7.80. The van der Waals surface area contributed by atoms with Gasteiger partial charge >= 0.3 is 0 Å². The van der Waals surface area contributed by atoms with Crippen molar-refractivity contribution in [3.63, 3.8) is 0 Å². The van der Waals surface area contributed by atoms with Gasteiger partial charge in [-0.15, -0.1) is 25.3 Å². The molecule has 0 bridgehead atoms. The van der Waals surface area contributed by atoms with Crippen LogP contribution in [0, 0.1) is 0 Å². The van der Waals surface area contributed by atoms with Crippen LogP contribution in [0.3, 0.4) is 0 Å². The second kappa shape index (κ2) is 7.07. The molecule has 0 aromatic heterocycles. The summed E-state index contributed by atoms with van der Waals surface area (Å²) in [6, 6.07) is 20.8. The number of hydrogen-bond acceptors (Lipinski definition) is 4. The SMILES string of the molecule is O=C(c1ccc(S)cc1)c1cccc(C(=O)c2ccc(S)cc2)c1. The Morgan fingerprint density at radius 1 is 0.542 bits per heavy atom. The smallest absolute Gasteiger partial charge is 0.193 e. The Labute approximate surface area is 151 Å². The van der Waals surface area contributed by atoms with Crippen LogP contribution in [0.15, 0.2) is 82.6 Å². The van der Waals surface area contributed by atoms with Gasteiger partial charge < -0.3 is 0 Å². The van der Waals surface area contributed by atoms with Crippen molar-refractivity contribution in [2.24, 2.45) is 0 Å². The minimum atomic E-state index is -0.122. The first-order valence-electron chi connectivity index (χ1n) is 7.32. The van der Waals surface area contributed by atoms with E-state index < -0.39 is 0 Å². The molecule has 24 heavy (non-hydrogen) atoms. The van der Waals surface area contributed by atoms with Gasteiger partial charge in [0.2, 0.25) is 0 Å². The second-order valence-corrected chi connectivity index (χ2v) is 6.37. The Morgan fingerprint density at radius 3 is 1.29 bits per heavy atom. The Hall–Kier alpha value is -2.30. The van der Waals surface area contributed by atoms with Crippen LogP contribution < -0.4 is 0 Å². The van der Waals surface area contributed by atoms with Gasteiger partial charge in [0.25, 0.3) is 0 Å². The fourth-order valence-electron chi connectivity index (χ4n) is 2.36. The van der Waals surface area contributed by atoms with E-state index in [1.807, 2.05) is 0 Å². The predicted molar refractivity (Wildman–Crippen MR) is 101 cm³/mol. The largest absolute Gasteiger partial charge is 0.289 e. The Kier molecular flexibility index (Phi) is 4.88. The number of benzene rings is 3. The molecule has 0 amide bonds. The van der Waals surface area contributed by atoms with Crippen LogP contribution in [0.5, 0.6) is 0 Å². The molecule has 0 unspecified atom stereocenters. The summed E-state index contributed by atoms with van der Waals surface area (Å²) in [7, 11) is 0. The van der Waals surface area contributed by atoms with Crippen LogP contribution in [0.1, 0.15) is 31.8 Å². The van der Waals surface area contributed by atoms with Gasteiger partial charge in [-0.1, -0.05) is 18.2 Å². The summed E-state index contributed by atoms with van der Waals surface area (Å²) in [4.78, 5) is 26.7. The van der Waals surface area contributed by atoms with Crippen molar-refractivity contribution < 1.29 is 9.59 Å². The lowest BCUT2D eigenvalue weighted by Gasteiger charge is -2.05. The maximum Gasteiger partial charge on any atom is 0.193 e. The van der Waals surface area contributed by atoms with E-state index in [1.165, 1.54) is 0 Å². The molecule has 0 aliphatic heterocycles. The van der Waals surface area contributed by atoms with Crippen LogP contribution >= 0.6 is 25.3 Å². The third-order valence-electron chi connectivity index (χ3n) is 3.65. The first-order chi connectivity index (χ1) is 11.5. The van der Waals surface area contributed by atoms with Gasteiger partial charge in [-0.2, -0.15) is 0 Å². The quantitative estimate of drug-likeness (QED) is 0.527. The molecular formula is C20H14O2S2. The Bertz CT molecular complexity index is 825. The van der Waals surface area contributed by atoms with Crippen LogP contribution in [0.25, 0.3) is 0 Å². The van der Waals surface area contributed by atoms with Crippen molar-refractivity contribution >= 4 is 36.8 Å². The van der Waals surface area contributed by atoms with E-state index in [-0.39, 0.29) is 11.6 Å². The van der Waals surface area contributed by atoms with Gasteiger partial charge in [0.05, 0.1) is 0 Å². The molecule has 2 nitrogen and oxygen atoms in total. The van der Waals surface area contributed by atoms with Crippen molar-refractivity contribution in [3.8, 4) is 0 Å². The molecule has 0 heterocycles. The number of carbonyl (C=O) groups is 2. The highest BCUT2D eigenvalue weighted by atomic mass is 32.1. The molecule has 0 saturated heterocycles. The summed E-state index contributed by atoms with van der Waals surface area (Å²) in [6.07, 6.45) is 0. The summed E-state index contributed by atoms with van der Waals surface area (Å²) < 4.78 is 0. The minimum absolute atomic E-state index is 0.122. The van der Waals surface area contributed by atoms with Crippen LogP contribution in [0.4, 0.5) is 0 Å². The lowest BCUT2D eigenvalue weighted by molar-refractivity contribution is 0.103. The molecule has 3 rings (SSSR count). The number of rotatable bonds is 4. The fraction of sp³-hybridized carbons (Fsp3) is 0. The zero-order valence-electron chi connectivity index (χ0n) is 12.6. The topological polar surface area (TPSA) is 34.1 Å². The molecule has 0 fully saturated rings. The molecule has 0 saturated carbocycles. The highest BCUT2D eigenvalue weighted by Crippen LogP contribution is 2.17. The van der Waals surface area contributed by atoms with E-state index in [4.69, 9.17) is 0 Å². The third-order valence-corrected chi connectivity index (χ3v) is 4.24.